The Labute approximate surface area is 125 Å². The van der Waals surface area contributed by atoms with E-state index >= 15 is 0 Å². The van der Waals surface area contributed by atoms with Crippen LogP contribution in [-0.4, -0.2) is 39.8 Å². The highest BCUT2D eigenvalue weighted by Gasteiger charge is 2.21. The number of hydrogen-bond donors (Lipinski definition) is 1. The molecular formula is C13H15N3O4S. The van der Waals surface area contributed by atoms with Gasteiger partial charge in [-0.05, 0) is 13.0 Å². The molecule has 1 heterocycles. The van der Waals surface area contributed by atoms with Crippen LogP contribution in [0.2, 0.25) is 0 Å². The molecule has 7 nitrogen and oxygen atoms in total. The van der Waals surface area contributed by atoms with E-state index < -0.39 is 4.92 Å². The molecule has 1 fully saturated rings. The lowest BCUT2D eigenvalue weighted by Crippen LogP contribution is -2.27. The Morgan fingerprint density at radius 2 is 2.29 bits per heavy atom. The minimum absolute atomic E-state index is 0.00525. The van der Waals surface area contributed by atoms with Crippen molar-refractivity contribution in [3.63, 3.8) is 0 Å². The summed E-state index contributed by atoms with van der Waals surface area (Å²) in [5.74, 6) is 0.494. The van der Waals surface area contributed by atoms with Gasteiger partial charge in [-0.3, -0.25) is 19.7 Å². The van der Waals surface area contributed by atoms with Crippen LogP contribution >= 0.6 is 11.8 Å². The maximum atomic E-state index is 11.9. The molecule has 21 heavy (non-hydrogen) atoms. The largest absolute Gasteiger partial charge is 0.332 e. The van der Waals surface area contributed by atoms with Crippen LogP contribution in [0.4, 0.5) is 16.2 Å². The number of nitrogens with zero attached hydrogens (tertiary/aromatic N) is 2. The lowest BCUT2D eigenvalue weighted by Gasteiger charge is -2.14. The summed E-state index contributed by atoms with van der Waals surface area (Å²) >= 11 is 1.25. The smallest absolute Gasteiger partial charge is 0.281 e. The summed E-state index contributed by atoms with van der Waals surface area (Å²) in [5, 5.41) is 13.5. The standard InChI is InChI=1S/C13H15N3O4S/c1-9-10(3-2-4-11(9)16(19)20)14-12(17)5-6-15-7-8-21-13(15)18/h2-4H,5-8H2,1H3,(H,14,17). The highest BCUT2D eigenvalue weighted by Crippen LogP contribution is 2.25. The monoisotopic (exact) mass is 309 g/mol. The van der Waals surface area contributed by atoms with Crippen molar-refractivity contribution in [2.45, 2.75) is 13.3 Å². The molecule has 112 valence electrons. The van der Waals surface area contributed by atoms with Crippen molar-refractivity contribution in [2.24, 2.45) is 0 Å². The number of nitro groups is 1. The summed E-state index contributed by atoms with van der Waals surface area (Å²) in [6.45, 7) is 2.62. The van der Waals surface area contributed by atoms with Gasteiger partial charge < -0.3 is 10.2 Å². The molecular weight excluding hydrogens is 294 g/mol. The third kappa shape index (κ3) is 3.72. The van der Waals surface area contributed by atoms with Crippen LogP contribution in [0.1, 0.15) is 12.0 Å². The van der Waals surface area contributed by atoms with E-state index in [2.05, 4.69) is 5.32 Å². The molecule has 0 aliphatic carbocycles. The van der Waals surface area contributed by atoms with Crippen LogP contribution in [0, 0.1) is 17.0 Å². The van der Waals surface area contributed by atoms with Gasteiger partial charge >= 0.3 is 0 Å². The summed E-state index contributed by atoms with van der Waals surface area (Å²) in [4.78, 5) is 35.3. The van der Waals surface area contributed by atoms with Gasteiger partial charge in [0.2, 0.25) is 5.91 Å². The molecule has 0 saturated carbocycles. The average Bonchev–Trinajstić information content (AvgIpc) is 2.84. The quantitative estimate of drug-likeness (QED) is 0.666. The molecule has 1 aromatic carbocycles. The van der Waals surface area contributed by atoms with Crippen LogP contribution in [0.5, 0.6) is 0 Å². The second kappa shape index (κ2) is 6.57. The zero-order valence-corrected chi connectivity index (χ0v) is 12.3. The minimum atomic E-state index is -0.481. The summed E-state index contributed by atoms with van der Waals surface area (Å²) in [6.07, 6.45) is 0.175. The Bertz CT molecular complexity index is 591. The summed E-state index contributed by atoms with van der Waals surface area (Å²) < 4.78 is 0. The van der Waals surface area contributed by atoms with Crippen molar-refractivity contribution < 1.29 is 14.5 Å². The van der Waals surface area contributed by atoms with Crippen LogP contribution < -0.4 is 5.32 Å². The molecule has 2 amide bonds. The Hall–Kier alpha value is -2.09. The van der Waals surface area contributed by atoms with Gasteiger partial charge in [-0.25, -0.2) is 0 Å². The predicted molar refractivity (Wildman–Crippen MR) is 80.5 cm³/mol. The lowest BCUT2D eigenvalue weighted by molar-refractivity contribution is -0.385. The highest BCUT2D eigenvalue weighted by atomic mass is 32.2. The number of carbonyl (C=O) groups is 2. The van der Waals surface area contributed by atoms with E-state index in [1.165, 1.54) is 23.9 Å². The van der Waals surface area contributed by atoms with Crippen molar-refractivity contribution in [3.05, 3.63) is 33.9 Å². The molecule has 2 rings (SSSR count). The van der Waals surface area contributed by atoms with E-state index in [9.17, 15) is 19.7 Å². The van der Waals surface area contributed by atoms with Crippen LogP contribution in [0.3, 0.4) is 0 Å². The number of amides is 2. The summed E-state index contributed by atoms with van der Waals surface area (Å²) in [7, 11) is 0. The fraction of sp³-hybridized carbons (Fsp3) is 0.385. The van der Waals surface area contributed by atoms with Gasteiger partial charge in [0.1, 0.15) is 0 Å². The average molecular weight is 309 g/mol. The number of benzene rings is 1. The SMILES string of the molecule is Cc1c(NC(=O)CCN2CCSC2=O)cccc1[N+](=O)[O-]. The third-order valence-corrected chi connectivity index (χ3v) is 4.12. The Balaban J connectivity index is 1.95. The van der Waals surface area contributed by atoms with E-state index in [0.29, 0.717) is 24.3 Å². The van der Waals surface area contributed by atoms with Crippen molar-refractivity contribution in [3.8, 4) is 0 Å². The molecule has 0 aromatic heterocycles. The first kappa shape index (κ1) is 15.3. The molecule has 0 radical (unpaired) electrons. The Kier molecular flexibility index (Phi) is 4.79. The number of nitro benzene ring substituents is 1. The summed E-state index contributed by atoms with van der Waals surface area (Å²) in [5.41, 5.74) is 0.818. The zero-order chi connectivity index (χ0) is 15.4. The normalized spacial score (nSPS) is 14.3. The molecule has 1 N–H and O–H groups in total. The maximum Gasteiger partial charge on any atom is 0.281 e. The Morgan fingerprint density at radius 1 is 1.52 bits per heavy atom. The van der Waals surface area contributed by atoms with Gasteiger partial charge in [0.15, 0.2) is 0 Å². The number of rotatable bonds is 5. The number of anilines is 1. The first-order valence-corrected chi connectivity index (χ1v) is 7.43. The molecule has 0 unspecified atom stereocenters. The topological polar surface area (TPSA) is 92.6 Å². The van der Waals surface area contributed by atoms with Gasteiger partial charge in [0, 0.05) is 31.3 Å². The molecule has 0 atom stereocenters. The van der Waals surface area contributed by atoms with E-state index in [0.717, 1.165) is 5.75 Å². The zero-order valence-electron chi connectivity index (χ0n) is 11.5. The molecule has 1 aromatic rings. The van der Waals surface area contributed by atoms with Crippen molar-refractivity contribution in [1.29, 1.82) is 0 Å². The van der Waals surface area contributed by atoms with Gasteiger partial charge in [-0.2, -0.15) is 0 Å². The predicted octanol–water partition coefficient (Wildman–Crippen LogP) is 2.40. The van der Waals surface area contributed by atoms with Gasteiger partial charge in [0.25, 0.3) is 10.9 Å². The van der Waals surface area contributed by atoms with E-state index in [-0.39, 0.29) is 23.3 Å². The van der Waals surface area contributed by atoms with E-state index in [1.807, 2.05) is 0 Å². The maximum absolute atomic E-state index is 11.9. The van der Waals surface area contributed by atoms with Crippen LogP contribution in [0.15, 0.2) is 18.2 Å². The fourth-order valence-corrected chi connectivity index (χ4v) is 2.89. The Morgan fingerprint density at radius 3 is 2.90 bits per heavy atom. The van der Waals surface area contributed by atoms with Gasteiger partial charge in [-0.15, -0.1) is 0 Å². The molecule has 1 aliphatic rings. The second-order valence-corrected chi connectivity index (χ2v) is 5.65. The van der Waals surface area contributed by atoms with Gasteiger partial charge in [-0.1, -0.05) is 17.8 Å². The second-order valence-electron chi connectivity index (χ2n) is 4.61. The lowest BCUT2D eigenvalue weighted by atomic mass is 10.1. The number of nitrogens with one attached hydrogen (secondary N) is 1. The molecule has 1 saturated heterocycles. The third-order valence-electron chi connectivity index (χ3n) is 3.23. The molecule has 0 spiro atoms. The number of hydrogen-bond acceptors (Lipinski definition) is 5. The minimum Gasteiger partial charge on any atom is -0.332 e. The first-order chi connectivity index (χ1) is 9.99. The first-order valence-electron chi connectivity index (χ1n) is 6.44. The van der Waals surface area contributed by atoms with Crippen molar-refractivity contribution in [2.75, 3.05) is 24.2 Å². The molecule has 8 heteroatoms. The van der Waals surface area contributed by atoms with E-state index in [1.54, 1.807) is 17.9 Å². The van der Waals surface area contributed by atoms with Gasteiger partial charge in [0.05, 0.1) is 16.2 Å². The molecule has 0 bridgehead atoms. The summed E-state index contributed by atoms with van der Waals surface area (Å²) in [6, 6.07) is 4.55. The van der Waals surface area contributed by atoms with Crippen molar-refractivity contribution in [1.82, 2.24) is 4.90 Å². The van der Waals surface area contributed by atoms with Crippen LogP contribution in [0.25, 0.3) is 0 Å². The number of thioether (sulfide) groups is 1. The highest BCUT2D eigenvalue weighted by molar-refractivity contribution is 8.13. The van der Waals surface area contributed by atoms with Crippen LogP contribution in [-0.2, 0) is 4.79 Å². The fourth-order valence-electron chi connectivity index (χ4n) is 2.03. The van der Waals surface area contributed by atoms with Crippen molar-refractivity contribution >= 4 is 34.3 Å². The molecule has 1 aliphatic heterocycles. The van der Waals surface area contributed by atoms with E-state index in [4.69, 9.17) is 0 Å². The number of carbonyl (C=O) groups excluding carboxylic acids is 2.